The molecule has 0 atom stereocenters. The van der Waals surface area contributed by atoms with Gasteiger partial charge in [0.05, 0.1) is 25.0 Å². The summed E-state index contributed by atoms with van der Waals surface area (Å²) in [7, 11) is 3.28. The Bertz CT molecular complexity index is 297. The molecule has 5 heteroatoms. The monoisotopic (exact) mass is 257 g/mol. The van der Waals surface area contributed by atoms with E-state index < -0.39 is 11.5 Å². The van der Waals surface area contributed by atoms with Gasteiger partial charge >= 0.3 is 5.97 Å². The van der Waals surface area contributed by atoms with Crippen LogP contribution >= 0.6 is 0 Å². The van der Waals surface area contributed by atoms with Gasteiger partial charge in [0.25, 0.3) is 0 Å². The number of rotatable bonds is 6. The van der Waals surface area contributed by atoms with Crippen LogP contribution in [0.2, 0.25) is 0 Å². The summed E-state index contributed by atoms with van der Waals surface area (Å²) in [6.07, 6.45) is 5.05. The summed E-state index contributed by atoms with van der Waals surface area (Å²) in [5.41, 5.74) is -0.491. The summed E-state index contributed by atoms with van der Waals surface area (Å²) in [5, 5.41) is 9.08. The largest absolute Gasteiger partial charge is 0.481 e. The van der Waals surface area contributed by atoms with Crippen LogP contribution in [0.25, 0.3) is 0 Å². The second kappa shape index (κ2) is 6.73. The number of amides is 1. The number of carbonyl (C=O) groups excluding carboxylic acids is 1. The molecule has 1 aliphatic carbocycles. The van der Waals surface area contributed by atoms with Gasteiger partial charge in [-0.3, -0.25) is 9.59 Å². The highest BCUT2D eigenvalue weighted by molar-refractivity contribution is 5.78. The molecule has 1 N–H and O–H groups in total. The molecule has 1 fully saturated rings. The molecule has 0 saturated heterocycles. The van der Waals surface area contributed by atoms with Crippen molar-refractivity contribution in [2.45, 2.75) is 50.5 Å². The number of hydrogen-bond donors (Lipinski definition) is 1. The average molecular weight is 257 g/mol. The van der Waals surface area contributed by atoms with E-state index in [-0.39, 0.29) is 12.3 Å². The van der Waals surface area contributed by atoms with E-state index in [2.05, 4.69) is 0 Å². The maximum Gasteiger partial charge on any atom is 0.305 e. The van der Waals surface area contributed by atoms with Crippen molar-refractivity contribution in [1.82, 2.24) is 4.90 Å². The average Bonchev–Trinajstić information content (AvgIpc) is 2.35. The van der Waals surface area contributed by atoms with Crippen LogP contribution in [-0.4, -0.2) is 48.2 Å². The van der Waals surface area contributed by atoms with Crippen molar-refractivity contribution in [2.75, 3.05) is 20.8 Å². The molecule has 0 aromatic rings. The number of aliphatic carboxylic acids is 1. The minimum atomic E-state index is -0.830. The van der Waals surface area contributed by atoms with Crippen LogP contribution in [0.1, 0.15) is 44.9 Å². The topological polar surface area (TPSA) is 66.8 Å². The van der Waals surface area contributed by atoms with Crippen LogP contribution in [0.15, 0.2) is 0 Å². The Balaban J connectivity index is 2.74. The Morgan fingerprint density at radius 2 is 1.89 bits per heavy atom. The summed E-state index contributed by atoms with van der Waals surface area (Å²) < 4.78 is 4.90. The third-order valence-corrected chi connectivity index (χ3v) is 3.87. The van der Waals surface area contributed by atoms with Crippen molar-refractivity contribution >= 4 is 11.9 Å². The zero-order chi connectivity index (χ0) is 13.6. The lowest BCUT2D eigenvalue weighted by Crippen LogP contribution is -2.52. The molecule has 1 amide bonds. The predicted molar refractivity (Wildman–Crippen MR) is 67.3 cm³/mol. The fourth-order valence-electron chi connectivity index (χ4n) is 2.74. The fraction of sp³-hybridized carbons (Fsp3) is 0.846. The molecule has 18 heavy (non-hydrogen) atoms. The molecule has 0 spiro atoms. The van der Waals surface area contributed by atoms with Gasteiger partial charge in [-0.15, -0.1) is 0 Å². The number of carboxylic acid groups (broad SMARTS) is 1. The molecule has 0 aromatic carbocycles. The van der Waals surface area contributed by atoms with Gasteiger partial charge in [0.15, 0.2) is 0 Å². The van der Waals surface area contributed by atoms with Gasteiger partial charge < -0.3 is 14.7 Å². The minimum Gasteiger partial charge on any atom is -0.481 e. The second-order valence-corrected chi connectivity index (χ2v) is 5.05. The summed E-state index contributed by atoms with van der Waals surface area (Å²) in [6.45, 7) is 0.381. The SMILES string of the molecule is COCCC(=O)N(C)C1(CC(=O)O)CCCCC1. The summed E-state index contributed by atoms with van der Waals surface area (Å²) in [5.74, 6) is -0.858. The van der Waals surface area contributed by atoms with Gasteiger partial charge in [-0.1, -0.05) is 19.3 Å². The molecule has 104 valence electrons. The lowest BCUT2D eigenvalue weighted by molar-refractivity contribution is -0.146. The highest BCUT2D eigenvalue weighted by atomic mass is 16.5. The molecule has 0 bridgehead atoms. The third kappa shape index (κ3) is 3.70. The highest BCUT2D eigenvalue weighted by Gasteiger charge is 2.40. The van der Waals surface area contributed by atoms with E-state index in [0.29, 0.717) is 13.0 Å². The number of carbonyl (C=O) groups is 2. The molecule has 5 nitrogen and oxygen atoms in total. The molecule has 0 radical (unpaired) electrons. The minimum absolute atomic E-state index is 0.0278. The lowest BCUT2D eigenvalue weighted by atomic mass is 9.78. The molecule has 0 unspecified atom stereocenters. The van der Waals surface area contributed by atoms with Crippen molar-refractivity contribution in [3.63, 3.8) is 0 Å². The molecular weight excluding hydrogens is 234 g/mol. The molecule has 0 heterocycles. The van der Waals surface area contributed by atoms with Crippen LogP contribution in [0, 0.1) is 0 Å². The Morgan fingerprint density at radius 3 is 2.39 bits per heavy atom. The van der Waals surface area contributed by atoms with E-state index in [0.717, 1.165) is 32.1 Å². The maximum atomic E-state index is 12.0. The van der Waals surface area contributed by atoms with E-state index >= 15 is 0 Å². The van der Waals surface area contributed by atoms with Crippen LogP contribution in [0.4, 0.5) is 0 Å². The molecule has 0 aliphatic heterocycles. The first-order valence-corrected chi connectivity index (χ1v) is 6.49. The number of methoxy groups -OCH3 is 1. The fourth-order valence-corrected chi connectivity index (χ4v) is 2.74. The second-order valence-electron chi connectivity index (χ2n) is 5.05. The number of hydrogen-bond acceptors (Lipinski definition) is 3. The van der Waals surface area contributed by atoms with Crippen molar-refractivity contribution in [3.05, 3.63) is 0 Å². The van der Waals surface area contributed by atoms with Gasteiger partial charge in [0.2, 0.25) is 5.91 Å². The standard InChI is InChI=1S/C13H23NO4/c1-14(11(15)6-9-18-2)13(10-12(16)17)7-4-3-5-8-13/h3-10H2,1-2H3,(H,16,17). The third-order valence-electron chi connectivity index (χ3n) is 3.87. The van der Waals surface area contributed by atoms with E-state index in [1.165, 1.54) is 0 Å². The normalized spacial score (nSPS) is 18.3. The van der Waals surface area contributed by atoms with Gasteiger partial charge in [-0.05, 0) is 12.8 Å². The van der Waals surface area contributed by atoms with Crippen molar-refractivity contribution < 1.29 is 19.4 Å². The summed E-state index contributed by atoms with van der Waals surface area (Å²) in [4.78, 5) is 24.7. The van der Waals surface area contributed by atoms with E-state index in [4.69, 9.17) is 9.84 Å². The van der Waals surface area contributed by atoms with Crippen molar-refractivity contribution in [2.24, 2.45) is 0 Å². The number of carboxylic acids is 1. The predicted octanol–water partition coefficient (Wildman–Crippen LogP) is 1.66. The molecular formula is C13H23NO4. The highest BCUT2D eigenvalue weighted by Crippen LogP contribution is 2.36. The zero-order valence-electron chi connectivity index (χ0n) is 11.3. The Labute approximate surface area is 108 Å². The maximum absolute atomic E-state index is 12.0. The number of ether oxygens (including phenoxy) is 1. The Kier molecular flexibility index (Phi) is 5.59. The first-order valence-electron chi connectivity index (χ1n) is 6.49. The van der Waals surface area contributed by atoms with Crippen molar-refractivity contribution in [3.8, 4) is 0 Å². The Hall–Kier alpha value is -1.10. The van der Waals surface area contributed by atoms with Gasteiger partial charge in [0.1, 0.15) is 0 Å². The zero-order valence-corrected chi connectivity index (χ0v) is 11.3. The van der Waals surface area contributed by atoms with Crippen LogP contribution in [-0.2, 0) is 14.3 Å². The van der Waals surface area contributed by atoms with Gasteiger partial charge in [-0.2, -0.15) is 0 Å². The molecule has 1 rings (SSSR count). The van der Waals surface area contributed by atoms with E-state index in [9.17, 15) is 9.59 Å². The first-order chi connectivity index (χ1) is 8.52. The van der Waals surface area contributed by atoms with Crippen LogP contribution in [0.3, 0.4) is 0 Å². The molecule has 1 saturated carbocycles. The molecule has 1 aliphatic rings. The lowest BCUT2D eigenvalue weighted by Gasteiger charge is -2.44. The molecule has 0 aromatic heterocycles. The van der Waals surface area contributed by atoms with E-state index in [1.54, 1.807) is 19.1 Å². The van der Waals surface area contributed by atoms with Gasteiger partial charge in [0, 0.05) is 14.2 Å². The van der Waals surface area contributed by atoms with Crippen LogP contribution in [0.5, 0.6) is 0 Å². The quantitative estimate of drug-likeness (QED) is 0.785. The van der Waals surface area contributed by atoms with Crippen LogP contribution < -0.4 is 0 Å². The van der Waals surface area contributed by atoms with Crippen molar-refractivity contribution in [1.29, 1.82) is 0 Å². The number of nitrogens with zero attached hydrogens (tertiary/aromatic N) is 1. The smallest absolute Gasteiger partial charge is 0.305 e. The van der Waals surface area contributed by atoms with Gasteiger partial charge in [-0.25, -0.2) is 0 Å². The summed E-state index contributed by atoms with van der Waals surface area (Å²) in [6, 6.07) is 0. The van der Waals surface area contributed by atoms with E-state index in [1.807, 2.05) is 0 Å². The summed E-state index contributed by atoms with van der Waals surface area (Å²) >= 11 is 0. The first kappa shape index (κ1) is 15.0. The Morgan fingerprint density at radius 1 is 1.28 bits per heavy atom.